The van der Waals surface area contributed by atoms with E-state index < -0.39 is 16.2 Å². The van der Waals surface area contributed by atoms with E-state index in [1.54, 1.807) is 0 Å². The Labute approximate surface area is 133 Å². The molecule has 0 aromatic heterocycles. The van der Waals surface area contributed by atoms with E-state index in [4.69, 9.17) is 23.2 Å². The lowest BCUT2D eigenvalue weighted by molar-refractivity contribution is 0.194. The summed E-state index contributed by atoms with van der Waals surface area (Å²) in [7, 11) is -3.79. The van der Waals surface area contributed by atoms with Crippen LogP contribution in [0, 0.1) is 5.92 Å². The summed E-state index contributed by atoms with van der Waals surface area (Å²) >= 11 is 11.7. The second-order valence-corrected chi connectivity index (χ2v) is 7.65. The smallest absolute Gasteiger partial charge is 0.211 e. The van der Waals surface area contributed by atoms with Crippen LogP contribution in [0.3, 0.4) is 0 Å². The van der Waals surface area contributed by atoms with Crippen molar-refractivity contribution in [1.82, 2.24) is 4.31 Å². The fraction of sp³-hybridized carbons (Fsp3) is 0.462. The summed E-state index contributed by atoms with van der Waals surface area (Å²) in [6, 6.07) is 4.13. The van der Waals surface area contributed by atoms with Crippen molar-refractivity contribution >= 4 is 39.3 Å². The predicted molar refractivity (Wildman–Crippen MR) is 80.7 cm³/mol. The molecule has 0 spiro atoms. The van der Waals surface area contributed by atoms with Gasteiger partial charge in [0.05, 0.1) is 14.9 Å². The lowest BCUT2D eigenvalue weighted by Gasteiger charge is -2.35. The monoisotopic (exact) mass is 348 g/mol. The maximum absolute atomic E-state index is 12.7. The van der Waals surface area contributed by atoms with Crippen molar-refractivity contribution in [2.24, 2.45) is 10.9 Å². The average molecular weight is 349 g/mol. The lowest BCUT2D eigenvalue weighted by atomic mass is 9.98. The number of piperidine rings is 1. The predicted octanol–water partition coefficient (Wildman–Crippen LogP) is 3.08. The summed E-state index contributed by atoms with van der Waals surface area (Å²) in [6.45, 7) is 2.17. The van der Waals surface area contributed by atoms with Crippen LogP contribution in [0.15, 0.2) is 28.1 Å². The highest BCUT2D eigenvalue weighted by molar-refractivity contribution is 7.89. The largest absolute Gasteiger partial charge is 0.244 e. The minimum absolute atomic E-state index is 0.0390. The van der Waals surface area contributed by atoms with Crippen molar-refractivity contribution in [3.8, 4) is 0 Å². The van der Waals surface area contributed by atoms with Crippen LogP contribution in [0.2, 0.25) is 10.0 Å². The normalized spacial score (nSPS) is 23.6. The molecule has 2 rings (SSSR count). The molecule has 1 aromatic rings. The van der Waals surface area contributed by atoms with E-state index in [0.29, 0.717) is 13.0 Å². The number of hydrogen-bond donors (Lipinski definition) is 0. The van der Waals surface area contributed by atoms with Gasteiger partial charge in [-0.15, -0.1) is 0 Å². The van der Waals surface area contributed by atoms with Crippen molar-refractivity contribution in [3.05, 3.63) is 28.2 Å². The fourth-order valence-electron chi connectivity index (χ4n) is 2.41. The van der Waals surface area contributed by atoms with Crippen LogP contribution in [0.1, 0.15) is 19.8 Å². The van der Waals surface area contributed by atoms with Crippen molar-refractivity contribution < 1.29 is 13.2 Å². The van der Waals surface area contributed by atoms with Gasteiger partial charge in [-0.1, -0.05) is 30.1 Å². The second kappa shape index (κ2) is 6.46. The van der Waals surface area contributed by atoms with Gasteiger partial charge in [0.25, 0.3) is 0 Å². The topological polar surface area (TPSA) is 66.8 Å². The number of rotatable bonds is 3. The van der Waals surface area contributed by atoms with Gasteiger partial charge in [0.2, 0.25) is 16.1 Å². The number of aliphatic imine (C=N–C) groups is 1. The summed E-state index contributed by atoms with van der Waals surface area (Å²) in [4.78, 5) is 14.3. The number of hydrogen-bond acceptors (Lipinski definition) is 4. The molecule has 2 unspecified atom stereocenters. The van der Waals surface area contributed by atoms with Crippen molar-refractivity contribution in [2.45, 2.75) is 30.8 Å². The van der Waals surface area contributed by atoms with Gasteiger partial charge in [0.15, 0.2) is 0 Å². The van der Waals surface area contributed by atoms with Crippen LogP contribution < -0.4 is 0 Å². The molecule has 2 atom stereocenters. The fourth-order valence-corrected chi connectivity index (χ4v) is 4.46. The first-order chi connectivity index (χ1) is 9.87. The van der Waals surface area contributed by atoms with Crippen LogP contribution in [0.25, 0.3) is 0 Å². The highest BCUT2D eigenvalue weighted by Crippen LogP contribution is 2.32. The summed E-state index contributed by atoms with van der Waals surface area (Å²) in [5.74, 6) is -0.0438. The third kappa shape index (κ3) is 3.30. The van der Waals surface area contributed by atoms with Crippen molar-refractivity contribution in [2.75, 3.05) is 6.54 Å². The molecule has 1 aromatic carbocycles. The highest BCUT2D eigenvalue weighted by atomic mass is 35.5. The molecule has 0 aliphatic carbocycles. The minimum Gasteiger partial charge on any atom is -0.211 e. The summed E-state index contributed by atoms with van der Waals surface area (Å²) in [5.41, 5.74) is 0. The van der Waals surface area contributed by atoms with Gasteiger partial charge in [-0.25, -0.2) is 13.2 Å². The molecule has 1 aliphatic rings. The Morgan fingerprint density at radius 3 is 2.67 bits per heavy atom. The van der Waals surface area contributed by atoms with Crippen molar-refractivity contribution in [3.63, 3.8) is 0 Å². The molecule has 0 amide bonds. The summed E-state index contributed by atoms with van der Waals surface area (Å²) < 4.78 is 26.7. The zero-order valence-electron chi connectivity index (χ0n) is 11.3. The zero-order chi connectivity index (χ0) is 15.6. The van der Waals surface area contributed by atoms with Gasteiger partial charge in [-0.2, -0.15) is 9.30 Å². The van der Waals surface area contributed by atoms with E-state index in [1.165, 1.54) is 28.6 Å². The quantitative estimate of drug-likeness (QED) is 0.622. The van der Waals surface area contributed by atoms with Gasteiger partial charge in [0.1, 0.15) is 6.17 Å². The minimum atomic E-state index is -3.79. The first kappa shape index (κ1) is 16.5. The molecule has 5 nitrogen and oxygen atoms in total. The Bertz CT molecular complexity index is 687. The first-order valence-corrected chi connectivity index (χ1v) is 8.61. The number of isocyanates is 1. The SMILES string of the molecule is CC1CCCN(S(=O)(=O)c2ccc(Cl)c(Cl)c2)C1N=C=O. The number of benzene rings is 1. The molecule has 1 saturated heterocycles. The molecule has 1 fully saturated rings. The Hall–Kier alpha value is -0.910. The molecule has 1 aliphatic heterocycles. The summed E-state index contributed by atoms with van der Waals surface area (Å²) in [6.07, 6.45) is 2.26. The number of nitrogens with zero attached hydrogens (tertiary/aromatic N) is 2. The first-order valence-electron chi connectivity index (χ1n) is 6.42. The van der Waals surface area contributed by atoms with Gasteiger partial charge in [-0.3, -0.25) is 0 Å². The summed E-state index contributed by atoms with van der Waals surface area (Å²) in [5, 5.41) is 0.448. The van der Waals surface area contributed by atoms with Gasteiger partial charge in [-0.05, 0) is 37.0 Å². The number of sulfonamides is 1. The maximum Gasteiger partial charge on any atom is 0.244 e. The van der Waals surface area contributed by atoms with E-state index in [-0.39, 0.29) is 20.9 Å². The molecular formula is C13H14Cl2N2O3S. The average Bonchev–Trinajstić information content (AvgIpc) is 2.44. The van der Waals surface area contributed by atoms with Crippen LogP contribution in [0.4, 0.5) is 0 Å². The standard InChI is InChI=1S/C13H14Cl2N2O3S/c1-9-3-2-6-17(13(9)16-8-18)21(19,20)10-4-5-11(14)12(15)7-10/h4-5,7,9,13H,2-3,6H2,1H3. The lowest BCUT2D eigenvalue weighted by Crippen LogP contribution is -2.46. The zero-order valence-corrected chi connectivity index (χ0v) is 13.6. The van der Waals surface area contributed by atoms with E-state index in [1.807, 2.05) is 6.92 Å². The highest BCUT2D eigenvalue weighted by Gasteiger charge is 2.37. The Morgan fingerprint density at radius 2 is 2.05 bits per heavy atom. The molecule has 0 saturated carbocycles. The van der Waals surface area contributed by atoms with Gasteiger partial charge in [0, 0.05) is 6.54 Å². The molecule has 0 radical (unpaired) electrons. The van der Waals surface area contributed by atoms with Crippen molar-refractivity contribution in [1.29, 1.82) is 0 Å². The van der Waals surface area contributed by atoms with E-state index in [2.05, 4.69) is 4.99 Å². The Morgan fingerprint density at radius 1 is 1.33 bits per heavy atom. The molecule has 1 heterocycles. The second-order valence-electron chi connectivity index (χ2n) is 4.95. The molecule has 8 heteroatoms. The molecule has 0 bridgehead atoms. The van der Waals surface area contributed by atoms with E-state index in [0.717, 1.165) is 6.42 Å². The van der Waals surface area contributed by atoms with Gasteiger partial charge < -0.3 is 0 Å². The van der Waals surface area contributed by atoms with E-state index in [9.17, 15) is 13.2 Å². The third-order valence-corrected chi connectivity index (χ3v) is 6.13. The Balaban J connectivity index is 2.45. The number of halogens is 2. The third-order valence-electron chi connectivity index (χ3n) is 3.52. The molecule has 21 heavy (non-hydrogen) atoms. The maximum atomic E-state index is 12.7. The molecular weight excluding hydrogens is 335 g/mol. The van der Waals surface area contributed by atoms with Crippen LogP contribution in [-0.2, 0) is 14.8 Å². The van der Waals surface area contributed by atoms with Gasteiger partial charge >= 0.3 is 0 Å². The number of carbonyl (C=O) groups excluding carboxylic acids is 1. The van der Waals surface area contributed by atoms with Crippen LogP contribution >= 0.6 is 23.2 Å². The molecule has 114 valence electrons. The van der Waals surface area contributed by atoms with E-state index >= 15 is 0 Å². The molecule has 0 N–H and O–H groups in total. The Kier molecular flexibility index (Phi) is 5.07. The van der Waals surface area contributed by atoms with Crippen LogP contribution in [-0.4, -0.2) is 31.5 Å². The van der Waals surface area contributed by atoms with Crippen LogP contribution in [0.5, 0.6) is 0 Å².